The number of amides is 2. The summed E-state index contributed by atoms with van der Waals surface area (Å²) in [6.45, 7) is 1.21. The van der Waals surface area contributed by atoms with Gasteiger partial charge in [0.25, 0.3) is 5.91 Å². The number of hydrogen-bond acceptors (Lipinski definition) is 4. The predicted molar refractivity (Wildman–Crippen MR) is 94.9 cm³/mol. The quantitative estimate of drug-likeness (QED) is 0.867. The molecule has 2 atom stereocenters. The molecule has 3 N–H and O–H groups in total. The summed E-state index contributed by atoms with van der Waals surface area (Å²) in [5.74, 6) is -0.264. The molecule has 1 aliphatic heterocycles. The highest BCUT2D eigenvalue weighted by molar-refractivity contribution is 7.12. The standard InChI is InChI=1S/C18H21N3O2S/c19-14-8-9-21(12-14)18(23)15(11-13-5-2-1-3-6-13)20-17(22)16-7-4-10-24-16/h1-7,10,14-15H,8-9,11-12,19H2,(H,20,22)/t14-,15?/m1/s1. The number of carbonyl (C=O) groups excluding carboxylic acids is 2. The topological polar surface area (TPSA) is 75.4 Å². The lowest BCUT2D eigenvalue weighted by molar-refractivity contribution is -0.132. The van der Waals surface area contributed by atoms with Crippen molar-refractivity contribution in [3.05, 3.63) is 58.3 Å². The molecule has 6 heteroatoms. The number of likely N-dealkylation sites (tertiary alicyclic amines) is 1. The molecule has 1 aliphatic rings. The van der Waals surface area contributed by atoms with Crippen molar-refractivity contribution >= 4 is 23.2 Å². The Balaban J connectivity index is 1.75. The summed E-state index contributed by atoms with van der Waals surface area (Å²) in [4.78, 5) is 27.6. The molecule has 2 aromatic rings. The van der Waals surface area contributed by atoms with Crippen LogP contribution in [0.5, 0.6) is 0 Å². The molecule has 0 bridgehead atoms. The number of nitrogens with two attached hydrogens (primary N) is 1. The van der Waals surface area contributed by atoms with Crippen LogP contribution in [-0.4, -0.2) is 41.9 Å². The van der Waals surface area contributed by atoms with Gasteiger partial charge in [0.05, 0.1) is 4.88 Å². The number of carbonyl (C=O) groups is 2. The maximum absolute atomic E-state index is 12.9. The molecule has 126 valence electrons. The smallest absolute Gasteiger partial charge is 0.262 e. The molecule has 1 fully saturated rings. The Labute approximate surface area is 145 Å². The Morgan fingerprint density at radius 2 is 2.04 bits per heavy atom. The van der Waals surface area contributed by atoms with E-state index in [4.69, 9.17) is 5.73 Å². The van der Waals surface area contributed by atoms with Gasteiger partial charge in [-0.1, -0.05) is 36.4 Å². The highest BCUT2D eigenvalue weighted by atomic mass is 32.1. The average Bonchev–Trinajstić information content (AvgIpc) is 3.26. The van der Waals surface area contributed by atoms with Gasteiger partial charge in [-0.3, -0.25) is 9.59 Å². The summed E-state index contributed by atoms with van der Waals surface area (Å²) in [6.07, 6.45) is 1.28. The average molecular weight is 343 g/mol. The molecule has 1 aromatic heterocycles. The molecule has 3 rings (SSSR count). The summed E-state index contributed by atoms with van der Waals surface area (Å²) in [6, 6.07) is 12.8. The lowest BCUT2D eigenvalue weighted by Crippen LogP contribution is -2.49. The van der Waals surface area contributed by atoms with Crippen LogP contribution in [0.15, 0.2) is 47.8 Å². The first-order chi connectivity index (χ1) is 11.6. The summed E-state index contributed by atoms with van der Waals surface area (Å²) < 4.78 is 0. The molecule has 1 aromatic carbocycles. The van der Waals surface area contributed by atoms with Crippen LogP contribution in [0.1, 0.15) is 21.7 Å². The van der Waals surface area contributed by atoms with Crippen LogP contribution < -0.4 is 11.1 Å². The third-order valence-corrected chi connectivity index (χ3v) is 5.04. The Hall–Kier alpha value is -2.18. The SMILES string of the molecule is N[C@@H]1CCN(C(=O)C(Cc2ccccc2)NC(=O)c2cccs2)C1. The molecule has 1 saturated heterocycles. The molecule has 0 saturated carbocycles. The zero-order chi connectivity index (χ0) is 16.9. The minimum absolute atomic E-state index is 0.0272. The number of thiophene rings is 1. The normalized spacial score (nSPS) is 18.4. The van der Waals surface area contributed by atoms with Crippen molar-refractivity contribution in [3.63, 3.8) is 0 Å². The number of nitrogens with one attached hydrogen (secondary N) is 1. The molecule has 0 aliphatic carbocycles. The van der Waals surface area contributed by atoms with Crippen LogP contribution in [0.2, 0.25) is 0 Å². The van der Waals surface area contributed by atoms with Crippen molar-refractivity contribution in [2.45, 2.75) is 24.9 Å². The Bertz CT molecular complexity index is 688. The fraction of sp³-hybridized carbons (Fsp3) is 0.333. The van der Waals surface area contributed by atoms with Gasteiger partial charge in [-0.05, 0) is 23.4 Å². The van der Waals surface area contributed by atoms with Gasteiger partial charge in [-0.2, -0.15) is 0 Å². The van der Waals surface area contributed by atoms with E-state index in [1.54, 1.807) is 11.0 Å². The van der Waals surface area contributed by atoms with E-state index in [9.17, 15) is 9.59 Å². The second-order valence-corrected chi connectivity index (χ2v) is 6.97. The van der Waals surface area contributed by atoms with Crippen molar-refractivity contribution < 1.29 is 9.59 Å². The minimum atomic E-state index is -0.577. The van der Waals surface area contributed by atoms with E-state index in [0.29, 0.717) is 24.4 Å². The van der Waals surface area contributed by atoms with Crippen LogP contribution in [0, 0.1) is 0 Å². The summed E-state index contributed by atoms with van der Waals surface area (Å²) in [5.41, 5.74) is 6.93. The van der Waals surface area contributed by atoms with Crippen molar-refractivity contribution in [2.24, 2.45) is 5.73 Å². The van der Waals surface area contributed by atoms with Gasteiger partial charge in [0.1, 0.15) is 6.04 Å². The number of hydrogen-bond donors (Lipinski definition) is 2. The third-order valence-electron chi connectivity index (χ3n) is 4.17. The highest BCUT2D eigenvalue weighted by Crippen LogP contribution is 2.14. The molecule has 24 heavy (non-hydrogen) atoms. The van der Waals surface area contributed by atoms with Crippen LogP contribution in [0.3, 0.4) is 0 Å². The second kappa shape index (κ2) is 7.59. The largest absolute Gasteiger partial charge is 0.339 e. The van der Waals surface area contributed by atoms with Gasteiger partial charge in [0.2, 0.25) is 5.91 Å². The van der Waals surface area contributed by atoms with Crippen molar-refractivity contribution in [2.75, 3.05) is 13.1 Å². The van der Waals surface area contributed by atoms with Crippen LogP contribution >= 0.6 is 11.3 Å². The van der Waals surface area contributed by atoms with Gasteiger partial charge < -0.3 is 16.0 Å². The minimum Gasteiger partial charge on any atom is -0.339 e. The lowest BCUT2D eigenvalue weighted by Gasteiger charge is -2.24. The number of nitrogens with zero attached hydrogens (tertiary/aromatic N) is 1. The zero-order valence-corrected chi connectivity index (χ0v) is 14.2. The Morgan fingerprint density at radius 1 is 1.25 bits per heavy atom. The summed E-state index contributed by atoms with van der Waals surface area (Å²) in [5, 5.41) is 4.75. The van der Waals surface area contributed by atoms with Crippen molar-refractivity contribution in [1.82, 2.24) is 10.2 Å². The Kier molecular flexibility index (Phi) is 5.27. The van der Waals surface area contributed by atoms with Gasteiger partial charge in [-0.15, -0.1) is 11.3 Å². The number of rotatable bonds is 5. The van der Waals surface area contributed by atoms with E-state index >= 15 is 0 Å². The predicted octanol–water partition coefficient (Wildman–Crippen LogP) is 1.65. The molecule has 2 heterocycles. The zero-order valence-electron chi connectivity index (χ0n) is 13.4. The van der Waals surface area contributed by atoms with E-state index < -0.39 is 6.04 Å². The molecule has 5 nitrogen and oxygen atoms in total. The molecule has 0 radical (unpaired) electrons. The Morgan fingerprint density at radius 3 is 2.67 bits per heavy atom. The summed E-state index contributed by atoms with van der Waals surface area (Å²) >= 11 is 1.37. The van der Waals surface area contributed by atoms with E-state index in [0.717, 1.165) is 12.0 Å². The molecular weight excluding hydrogens is 322 g/mol. The second-order valence-electron chi connectivity index (χ2n) is 6.03. The first-order valence-electron chi connectivity index (χ1n) is 8.06. The van der Waals surface area contributed by atoms with Gasteiger partial charge in [0.15, 0.2) is 0 Å². The van der Waals surface area contributed by atoms with Crippen LogP contribution in [0.4, 0.5) is 0 Å². The van der Waals surface area contributed by atoms with E-state index in [-0.39, 0.29) is 17.9 Å². The maximum atomic E-state index is 12.9. The van der Waals surface area contributed by atoms with Gasteiger partial charge in [-0.25, -0.2) is 0 Å². The lowest BCUT2D eigenvalue weighted by atomic mass is 10.0. The molecule has 2 amide bonds. The molecule has 1 unspecified atom stereocenters. The fourth-order valence-corrected chi connectivity index (χ4v) is 3.52. The fourth-order valence-electron chi connectivity index (χ4n) is 2.89. The van der Waals surface area contributed by atoms with Gasteiger partial charge >= 0.3 is 0 Å². The first kappa shape index (κ1) is 16.7. The van der Waals surface area contributed by atoms with Crippen molar-refractivity contribution in [1.29, 1.82) is 0 Å². The third kappa shape index (κ3) is 4.01. The molecule has 0 spiro atoms. The summed E-state index contributed by atoms with van der Waals surface area (Å²) in [7, 11) is 0. The molecular formula is C18H21N3O2S. The first-order valence-corrected chi connectivity index (χ1v) is 8.94. The maximum Gasteiger partial charge on any atom is 0.262 e. The van der Waals surface area contributed by atoms with E-state index in [2.05, 4.69) is 5.32 Å². The highest BCUT2D eigenvalue weighted by Gasteiger charge is 2.30. The van der Waals surface area contributed by atoms with Crippen LogP contribution in [-0.2, 0) is 11.2 Å². The number of benzene rings is 1. The monoisotopic (exact) mass is 343 g/mol. The van der Waals surface area contributed by atoms with Crippen molar-refractivity contribution in [3.8, 4) is 0 Å². The van der Waals surface area contributed by atoms with E-state index in [1.807, 2.05) is 41.8 Å². The van der Waals surface area contributed by atoms with E-state index in [1.165, 1.54) is 11.3 Å². The van der Waals surface area contributed by atoms with Crippen LogP contribution in [0.25, 0.3) is 0 Å². The van der Waals surface area contributed by atoms with Gasteiger partial charge in [0, 0.05) is 25.6 Å².